The van der Waals surface area contributed by atoms with E-state index < -0.39 is 36.2 Å². The number of aliphatic hydroxyl groups is 3. The fourth-order valence-corrected chi connectivity index (χ4v) is 4.49. The highest BCUT2D eigenvalue weighted by Gasteiger charge is 2.55. The van der Waals surface area contributed by atoms with Gasteiger partial charge in [-0.15, -0.1) is 0 Å². The summed E-state index contributed by atoms with van der Waals surface area (Å²) in [6.45, 7) is 5.59. The summed E-state index contributed by atoms with van der Waals surface area (Å²) in [7, 11) is 2.97. The van der Waals surface area contributed by atoms with E-state index in [1.807, 2.05) is 18.2 Å². The average Bonchev–Trinajstić information content (AvgIpc) is 2.86. The summed E-state index contributed by atoms with van der Waals surface area (Å²) in [6, 6.07) is 10.6. The summed E-state index contributed by atoms with van der Waals surface area (Å²) in [4.78, 5) is 11.5. The van der Waals surface area contributed by atoms with Crippen molar-refractivity contribution in [2.45, 2.75) is 63.8 Å². The van der Waals surface area contributed by atoms with E-state index in [4.69, 9.17) is 18.9 Å². The molecule has 10 nitrogen and oxygen atoms in total. The lowest BCUT2D eigenvalue weighted by Gasteiger charge is -2.45. The third-order valence-corrected chi connectivity index (χ3v) is 7.00. The molecule has 2 aromatic rings. The molecule has 5 N–H and O–H groups in total. The minimum absolute atomic E-state index is 0.102. The van der Waals surface area contributed by atoms with Crippen molar-refractivity contribution in [3.05, 3.63) is 47.5 Å². The Morgan fingerprint density at radius 2 is 1.46 bits per heavy atom. The first kappa shape index (κ1) is 28.5. The zero-order chi connectivity index (χ0) is 27.5. The number of aliphatic carboxylic acids is 1. The molecular formula is C27H36O10. The fourth-order valence-electron chi connectivity index (χ4n) is 4.49. The maximum atomic E-state index is 11.5. The normalized spacial score (nSPS) is 27.2. The molecule has 7 atom stereocenters. The van der Waals surface area contributed by atoms with E-state index in [2.05, 4.69) is 13.8 Å². The number of aliphatic hydroxyl groups excluding tert-OH is 3. The highest BCUT2D eigenvalue weighted by molar-refractivity contribution is 5.73. The number of methoxy groups -OCH3 is 2. The highest BCUT2D eigenvalue weighted by Crippen LogP contribution is 2.38. The van der Waals surface area contributed by atoms with Crippen LogP contribution in [-0.4, -0.2) is 75.9 Å². The molecule has 1 saturated heterocycles. The van der Waals surface area contributed by atoms with Gasteiger partial charge in [-0.2, -0.15) is 0 Å². The van der Waals surface area contributed by atoms with Crippen LogP contribution in [0, 0.1) is 11.8 Å². The van der Waals surface area contributed by atoms with E-state index in [-0.39, 0.29) is 17.4 Å². The zero-order valence-electron chi connectivity index (χ0n) is 21.6. The molecule has 0 aromatic heterocycles. The van der Waals surface area contributed by atoms with Crippen LogP contribution in [0.25, 0.3) is 0 Å². The third-order valence-electron chi connectivity index (χ3n) is 7.00. The zero-order valence-corrected chi connectivity index (χ0v) is 21.6. The molecule has 10 heteroatoms. The van der Waals surface area contributed by atoms with Crippen LogP contribution in [-0.2, 0) is 22.4 Å². The van der Waals surface area contributed by atoms with Crippen molar-refractivity contribution in [2.75, 3.05) is 14.2 Å². The second-order valence-electron chi connectivity index (χ2n) is 9.77. The van der Waals surface area contributed by atoms with E-state index in [1.165, 1.54) is 21.1 Å². The minimum Gasteiger partial charge on any atom is -0.504 e. The number of hydrogen-bond acceptors (Lipinski definition) is 9. The Labute approximate surface area is 216 Å². The van der Waals surface area contributed by atoms with Gasteiger partial charge in [0.15, 0.2) is 29.1 Å². The van der Waals surface area contributed by atoms with Crippen LogP contribution in [0.4, 0.5) is 0 Å². The predicted octanol–water partition coefficient (Wildman–Crippen LogP) is 2.13. The second kappa shape index (κ2) is 11.6. The molecule has 0 bridgehead atoms. The summed E-state index contributed by atoms with van der Waals surface area (Å²) in [5.74, 6) is -1.80. The molecule has 0 amide bonds. The highest BCUT2D eigenvalue weighted by atomic mass is 16.7. The number of carboxylic acid groups (broad SMARTS) is 1. The first-order chi connectivity index (χ1) is 17.4. The molecule has 2 aromatic carbocycles. The first-order valence-electron chi connectivity index (χ1n) is 12.1. The lowest BCUT2D eigenvalue weighted by Crippen LogP contribution is -2.67. The summed E-state index contributed by atoms with van der Waals surface area (Å²) in [5, 5.41) is 49.8. The van der Waals surface area contributed by atoms with Crippen LogP contribution in [0.3, 0.4) is 0 Å². The van der Waals surface area contributed by atoms with Gasteiger partial charge in [-0.05, 0) is 60.1 Å². The van der Waals surface area contributed by atoms with Gasteiger partial charge in [0.1, 0.15) is 18.3 Å². The number of rotatable bonds is 10. The van der Waals surface area contributed by atoms with Crippen LogP contribution >= 0.6 is 0 Å². The number of phenolic OH excluding ortho intramolecular Hbond substituents is 1. The van der Waals surface area contributed by atoms with E-state index in [9.17, 15) is 30.3 Å². The van der Waals surface area contributed by atoms with Gasteiger partial charge in [0.05, 0.1) is 14.2 Å². The number of phenols is 1. The van der Waals surface area contributed by atoms with E-state index in [0.717, 1.165) is 24.0 Å². The summed E-state index contributed by atoms with van der Waals surface area (Å²) < 4.78 is 21.9. The molecule has 1 heterocycles. The van der Waals surface area contributed by atoms with Crippen LogP contribution in [0.5, 0.6) is 23.0 Å². The Morgan fingerprint density at radius 1 is 0.919 bits per heavy atom. The molecule has 1 aliphatic rings. The molecular weight excluding hydrogens is 484 g/mol. The third kappa shape index (κ3) is 6.27. The Kier molecular flexibility index (Phi) is 8.91. The van der Waals surface area contributed by atoms with Gasteiger partial charge >= 0.3 is 5.97 Å². The molecule has 0 radical (unpaired) electrons. The van der Waals surface area contributed by atoms with Crippen LogP contribution in [0.2, 0.25) is 0 Å². The number of hydrogen-bond donors (Lipinski definition) is 5. The van der Waals surface area contributed by atoms with Crippen molar-refractivity contribution in [1.82, 2.24) is 0 Å². The number of ether oxygens (including phenoxy) is 4. The number of carbonyl (C=O) groups is 1. The molecule has 2 unspecified atom stereocenters. The summed E-state index contributed by atoms with van der Waals surface area (Å²) in [6.07, 6.45) is -5.59. The van der Waals surface area contributed by atoms with Gasteiger partial charge in [0, 0.05) is 6.92 Å². The second-order valence-corrected chi connectivity index (χ2v) is 9.77. The molecule has 0 aliphatic carbocycles. The molecule has 1 aliphatic heterocycles. The van der Waals surface area contributed by atoms with Crippen molar-refractivity contribution in [3.63, 3.8) is 0 Å². The van der Waals surface area contributed by atoms with Gasteiger partial charge in [0.2, 0.25) is 5.79 Å². The topological polar surface area (TPSA) is 155 Å². The Bertz CT molecular complexity index is 1090. The van der Waals surface area contributed by atoms with Crippen LogP contribution in [0.15, 0.2) is 36.4 Å². The molecule has 0 saturated carbocycles. The molecule has 3 rings (SSSR count). The molecule has 1 fully saturated rings. The van der Waals surface area contributed by atoms with E-state index in [1.54, 1.807) is 18.2 Å². The van der Waals surface area contributed by atoms with Gasteiger partial charge in [-0.1, -0.05) is 26.0 Å². The van der Waals surface area contributed by atoms with Gasteiger partial charge in [-0.25, -0.2) is 4.79 Å². The first-order valence-corrected chi connectivity index (χ1v) is 12.1. The van der Waals surface area contributed by atoms with Gasteiger partial charge in [0.25, 0.3) is 0 Å². The van der Waals surface area contributed by atoms with E-state index >= 15 is 0 Å². The maximum absolute atomic E-state index is 11.5. The summed E-state index contributed by atoms with van der Waals surface area (Å²) >= 11 is 0. The van der Waals surface area contributed by atoms with Crippen molar-refractivity contribution < 1.29 is 49.3 Å². The standard InChI is InChI=1S/C27H36O10/c1-14(10-16-6-8-18(28)20(12-16)34-4)15(2)11-17-7-9-19(21(13-17)35-5)36-27(3)25(31)23(30)22(29)24(37-27)26(32)33/h6-9,12-15,22-25,28-31H,10-11H2,1-5H3,(H,32,33)/t14?,15?,22-,23-,24-,25+,27+/m0/s1. The van der Waals surface area contributed by atoms with Crippen LogP contribution < -0.4 is 14.2 Å². The summed E-state index contributed by atoms with van der Waals surface area (Å²) in [5.41, 5.74) is 2.03. The monoisotopic (exact) mass is 520 g/mol. The average molecular weight is 521 g/mol. The quantitative estimate of drug-likeness (QED) is 0.315. The Hall–Kier alpha value is -3.05. The molecule has 0 spiro atoms. The van der Waals surface area contributed by atoms with Crippen LogP contribution in [0.1, 0.15) is 31.9 Å². The minimum atomic E-state index is -1.95. The number of carboxylic acids is 1. The lowest BCUT2D eigenvalue weighted by molar-refractivity contribution is -0.322. The lowest BCUT2D eigenvalue weighted by atomic mass is 9.85. The van der Waals surface area contributed by atoms with Crippen molar-refractivity contribution >= 4 is 5.97 Å². The smallest absolute Gasteiger partial charge is 0.335 e. The van der Waals surface area contributed by atoms with Crippen molar-refractivity contribution in [2.24, 2.45) is 11.8 Å². The van der Waals surface area contributed by atoms with Gasteiger partial charge < -0.3 is 44.5 Å². The van der Waals surface area contributed by atoms with Crippen molar-refractivity contribution in [3.8, 4) is 23.0 Å². The van der Waals surface area contributed by atoms with E-state index in [0.29, 0.717) is 17.4 Å². The number of aromatic hydroxyl groups is 1. The van der Waals surface area contributed by atoms with Gasteiger partial charge in [-0.3, -0.25) is 0 Å². The maximum Gasteiger partial charge on any atom is 0.335 e. The molecule has 37 heavy (non-hydrogen) atoms. The number of benzene rings is 2. The molecule has 204 valence electrons. The largest absolute Gasteiger partial charge is 0.504 e. The Balaban J connectivity index is 1.73. The SMILES string of the molecule is COc1cc(CC(C)C(C)Cc2ccc(O[C@]3(C)O[C@H](C(=O)O)[C@@H](O)[C@H](O)[C@H]3O)c(OC)c2)ccc1O. The van der Waals surface area contributed by atoms with Crippen molar-refractivity contribution in [1.29, 1.82) is 0 Å². The Morgan fingerprint density at radius 3 is 2.00 bits per heavy atom. The predicted molar refractivity (Wildman–Crippen MR) is 133 cm³/mol. The fraction of sp³-hybridized carbons (Fsp3) is 0.519.